The van der Waals surface area contributed by atoms with Gasteiger partial charge in [0.25, 0.3) is 0 Å². The van der Waals surface area contributed by atoms with Crippen LogP contribution in [0, 0.1) is 11.8 Å². The molecule has 0 heterocycles. The minimum atomic E-state index is -0.860. The fourth-order valence-electron chi connectivity index (χ4n) is 2.13. The van der Waals surface area contributed by atoms with Crippen LogP contribution in [0.15, 0.2) is 24.3 Å². The van der Waals surface area contributed by atoms with E-state index in [-0.39, 0.29) is 6.42 Å². The molecule has 116 valence electrons. The highest BCUT2D eigenvalue weighted by Gasteiger charge is 2.17. The van der Waals surface area contributed by atoms with E-state index in [9.17, 15) is 9.59 Å². The van der Waals surface area contributed by atoms with E-state index in [0.29, 0.717) is 12.5 Å². The van der Waals surface area contributed by atoms with Crippen molar-refractivity contribution in [2.45, 2.75) is 27.2 Å². The Balaban J connectivity index is 2.86. The molecule has 0 spiro atoms. The topological polar surface area (TPSA) is 77.8 Å². The summed E-state index contributed by atoms with van der Waals surface area (Å²) in [6.45, 7) is 7.05. The Hall–Kier alpha value is -2.04. The molecule has 0 aromatic heterocycles. The molecular formula is C16H23NO4. The summed E-state index contributed by atoms with van der Waals surface area (Å²) in [6, 6.07) is 7.27. The first kappa shape index (κ1) is 17.0. The minimum Gasteiger partial charge on any atom is -0.481 e. The van der Waals surface area contributed by atoms with Gasteiger partial charge in [-0.05, 0) is 23.6 Å². The van der Waals surface area contributed by atoms with Crippen molar-refractivity contribution >= 4 is 17.6 Å². The fourth-order valence-corrected chi connectivity index (χ4v) is 2.13. The second-order valence-electron chi connectivity index (χ2n) is 5.78. The third-order valence-corrected chi connectivity index (χ3v) is 3.16. The van der Waals surface area contributed by atoms with Crippen LogP contribution in [-0.4, -0.2) is 35.2 Å². The Kier molecular flexibility index (Phi) is 6.21. The van der Waals surface area contributed by atoms with E-state index in [0.717, 1.165) is 17.8 Å². The zero-order valence-corrected chi connectivity index (χ0v) is 12.7. The average Bonchev–Trinajstić information content (AvgIpc) is 2.37. The molecule has 0 amide bonds. The number of benzene rings is 1. The number of anilines is 1. The van der Waals surface area contributed by atoms with Gasteiger partial charge in [-0.1, -0.05) is 32.9 Å². The molecule has 5 nitrogen and oxygen atoms in total. The fraction of sp³-hybridized carbons (Fsp3) is 0.500. The molecular weight excluding hydrogens is 270 g/mol. The normalized spacial score (nSPS) is 12.2. The standard InChI is InChI=1S/C16H23NO4/c1-11(2)9-17(10-12(3)16(20)21)14-6-4-13(5-7-14)8-15(18)19/h4-7,11-12H,8-10H2,1-3H3,(H,18,19)(H,20,21). The van der Waals surface area contributed by atoms with Gasteiger partial charge in [0.15, 0.2) is 0 Å². The van der Waals surface area contributed by atoms with E-state index >= 15 is 0 Å². The van der Waals surface area contributed by atoms with Gasteiger partial charge < -0.3 is 15.1 Å². The molecule has 0 aliphatic rings. The minimum absolute atomic E-state index is 0.00398. The Morgan fingerprint density at radius 1 is 1.05 bits per heavy atom. The van der Waals surface area contributed by atoms with Gasteiger partial charge in [0.05, 0.1) is 12.3 Å². The first-order chi connectivity index (χ1) is 9.79. The van der Waals surface area contributed by atoms with Gasteiger partial charge in [-0.3, -0.25) is 9.59 Å². The molecule has 0 bridgehead atoms. The third-order valence-electron chi connectivity index (χ3n) is 3.16. The van der Waals surface area contributed by atoms with Crippen molar-refractivity contribution in [1.82, 2.24) is 0 Å². The molecule has 21 heavy (non-hydrogen) atoms. The molecule has 0 saturated heterocycles. The first-order valence-corrected chi connectivity index (χ1v) is 7.08. The van der Waals surface area contributed by atoms with Crippen LogP contribution in [0.2, 0.25) is 0 Å². The summed E-state index contributed by atoms with van der Waals surface area (Å²) in [6.07, 6.45) is -0.00398. The predicted molar refractivity (Wildman–Crippen MR) is 81.6 cm³/mol. The quantitative estimate of drug-likeness (QED) is 0.770. The smallest absolute Gasteiger partial charge is 0.308 e. The van der Waals surface area contributed by atoms with Crippen LogP contribution in [0.4, 0.5) is 5.69 Å². The van der Waals surface area contributed by atoms with Crippen LogP contribution in [0.3, 0.4) is 0 Å². The van der Waals surface area contributed by atoms with Crippen LogP contribution in [0.25, 0.3) is 0 Å². The van der Waals surface area contributed by atoms with Gasteiger partial charge in [0.2, 0.25) is 0 Å². The Bertz CT molecular complexity index is 482. The van der Waals surface area contributed by atoms with Crippen LogP contribution in [0.5, 0.6) is 0 Å². The summed E-state index contributed by atoms with van der Waals surface area (Å²) in [5.74, 6) is -1.72. The molecule has 1 atom stereocenters. The molecule has 0 aliphatic carbocycles. The van der Waals surface area contributed by atoms with Gasteiger partial charge in [0.1, 0.15) is 0 Å². The average molecular weight is 293 g/mol. The van der Waals surface area contributed by atoms with E-state index in [1.165, 1.54) is 0 Å². The zero-order valence-electron chi connectivity index (χ0n) is 12.7. The monoisotopic (exact) mass is 293 g/mol. The molecule has 0 fully saturated rings. The van der Waals surface area contributed by atoms with Crippen LogP contribution >= 0.6 is 0 Å². The lowest BCUT2D eigenvalue weighted by Crippen LogP contribution is -2.34. The predicted octanol–water partition coefficient (Wildman–Crippen LogP) is 2.50. The summed E-state index contributed by atoms with van der Waals surface area (Å²) in [4.78, 5) is 23.7. The van der Waals surface area contributed by atoms with E-state index in [1.54, 1.807) is 19.1 Å². The van der Waals surface area contributed by atoms with E-state index in [2.05, 4.69) is 13.8 Å². The Labute approximate surface area is 125 Å². The molecule has 0 aliphatic heterocycles. The number of carbonyl (C=O) groups is 2. The summed E-state index contributed by atoms with van der Waals surface area (Å²) < 4.78 is 0. The van der Waals surface area contributed by atoms with Crippen molar-refractivity contribution in [2.24, 2.45) is 11.8 Å². The number of aliphatic carboxylic acids is 2. The highest BCUT2D eigenvalue weighted by Crippen LogP contribution is 2.19. The maximum atomic E-state index is 11.0. The van der Waals surface area contributed by atoms with Gasteiger partial charge in [0, 0.05) is 18.8 Å². The van der Waals surface area contributed by atoms with Gasteiger partial charge in [-0.25, -0.2) is 0 Å². The Morgan fingerprint density at radius 3 is 2.05 bits per heavy atom. The van der Waals surface area contributed by atoms with Crippen LogP contribution in [-0.2, 0) is 16.0 Å². The second-order valence-corrected chi connectivity index (χ2v) is 5.78. The van der Waals surface area contributed by atoms with Gasteiger partial charge >= 0.3 is 11.9 Å². The number of carboxylic acid groups (broad SMARTS) is 2. The maximum Gasteiger partial charge on any atom is 0.308 e. The van der Waals surface area contributed by atoms with E-state index < -0.39 is 17.9 Å². The summed E-state index contributed by atoms with van der Waals surface area (Å²) in [5, 5.41) is 17.8. The SMILES string of the molecule is CC(C)CN(CC(C)C(=O)O)c1ccc(CC(=O)O)cc1. The second kappa shape index (κ2) is 7.67. The number of nitrogens with zero attached hydrogens (tertiary/aromatic N) is 1. The number of hydrogen-bond acceptors (Lipinski definition) is 3. The van der Waals surface area contributed by atoms with Crippen LogP contribution < -0.4 is 4.90 Å². The van der Waals surface area contributed by atoms with Crippen LogP contribution in [0.1, 0.15) is 26.3 Å². The number of carboxylic acids is 2. The highest BCUT2D eigenvalue weighted by molar-refractivity contribution is 5.71. The summed E-state index contributed by atoms with van der Waals surface area (Å²) >= 11 is 0. The Morgan fingerprint density at radius 2 is 1.62 bits per heavy atom. The van der Waals surface area contributed by atoms with E-state index in [1.807, 2.05) is 17.0 Å². The number of hydrogen-bond donors (Lipinski definition) is 2. The molecule has 0 saturated carbocycles. The third kappa shape index (κ3) is 5.85. The molecule has 1 aromatic carbocycles. The molecule has 2 N–H and O–H groups in total. The molecule has 1 unspecified atom stereocenters. The lowest BCUT2D eigenvalue weighted by Gasteiger charge is -2.28. The first-order valence-electron chi connectivity index (χ1n) is 7.08. The van der Waals surface area contributed by atoms with Crippen molar-refractivity contribution in [2.75, 3.05) is 18.0 Å². The lowest BCUT2D eigenvalue weighted by atomic mass is 10.1. The molecule has 0 radical (unpaired) electrons. The summed E-state index contributed by atoms with van der Waals surface area (Å²) in [5.41, 5.74) is 1.66. The van der Waals surface area contributed by atoms with Gasteiger partial charge in [-0.2, -0.15) is 0 Å². The van der Waals surface area contributed by atoms with Gasteiger partial charge in [-0.15, -0.1) is 0 Å². The van der Waals surface area contributed by atoms with E-state index in [4.69, 9.17) is 10.2 Å². The molecule has 1 rings (SSSR count). The maximum absolute atomic E-state index is 11.0. The van der Waals surface area contributed by atoms with Crippen molar-refractivity contribution < 1.29 is 19.8 Å². The largest absolute Gasteiger partial charge is 0.481 e. The number of rotatable bonds is 8. The lowest BCUT2D eigenvalue weighted by molar-refractivity contribution is -0.141. The zero-order chi connectivity index (χ0) is 16.0. The van der Waals surface area contributed by atoms with Crippen molar-refractivity contribution in [3.8, 4) is 0 Å². The molecule has 5 heteroatoms. The molecule has 1 aromatic rings. The van der Waals surface area contributed by atoms with Crippen molar-refractivity contribution in [3.05, 3.63) is 29.8 Å². The summed E-state index contributed by atoms with van der Waals surface area (Å²) in [7, 11) is 0. The highest BCUT2D eigenvalue weighted by atomic mass is 16.4. The van der Waals surface area contributed by atoms with Crippen molar-refractivity contribution in [1.29, 1.82) is 0 Å². The van der Waals surface area contributed by atoms with Crippen molar-refractivity contribution in [3.63, 3.8) is 0 Å².